The molecule has 0 aromatic heterocycles. The van der Waals surface area contributed by atoms with Gasteiger partial charge in [0.2, 0.25) is 0 Å². The van der Waals surface area contributed by atoms with Crippen LogP contribution in [-0.2, 0) is 14.3 Å². The third-order valence-corrected chi connectivity index (χ3v) is 3.10. The van der Waals surface area contributed by atoms with E-state index in [-0.39, 0.29) is 11.8 Å². The van der Waals surface area contributed by atoms with Gasteiger partial charge in [0.1, 0.15) is 12.0 Å². The number of carbonyl (C=O) groups excluding carboxylic acids is 1. The molecule has 0 aromatic rings. The van der Waals surface area contributed by atoms with Crippen molar-refractivity contribution in [1.29, 1.82) is 0 Å². The largest absolute Gasteiger partial charge is 0.506 e. The molecule has 0 aliphatic heterocycles. The summed E-state index contributed by atoms with van der Waals surface area (Å²) in [6.45, 7) is 0. The van der Waals surface area contributed by atoms with Crippen LogP contribution >= 0.6 is 0 Å². The smallest absolute Gasteiger partial charge is 0.469 e. The van der Waals surface area contributed by atoms with Crippen LogP contribution in [0.2, 0.25) is 0 Å². The molecule has 2 rings (SSSR count). The molecule has 0 radical (unpaired) electrons. The minimum Gasteiger partial charge on any atom is -0.469 e. The van der Waals surface area contributed by atoms with Crippen LogP contribution in [0.15, 0.2) is 12.2 Å². The summed E-state index contributed by atoms with van der Waals surface area (Å²) in [5.41, 5.74) is 0. The maximum absolute atomic E-state index is 11.5. The van der Waals surface area contributed by atoms with E-state index in [2.05, 4.69) is 4.74 Å². The Morgan fingerprint density at radius 1 is 1.33 bits per heavy atom. The summed E-state index contributed by atoms with van der Waals surface area (Å²) in [6.07, 6.45) is 2.71. The number of ether oxygens (including phenoxy) is 2. The molecule has 0 amide bonds. The molecule has 15 heavy (non-hydrogen) atoms. The molecule has 5 heteroatoms. The van der Waals surface area contributed by atoms with Gasteiger partial charge in [-0.15, -0.1) is 0 Å². The molecule has 0 heterocycles. The highest BCUT2D eigenvalue weighted by atomic mass is 16.7. The van der Waals surface area contributed by atoms with E-state index < -0.39 is 24.1 Å². The van der Waals surface area contributed by atoms with Crippen LogP contribution in [0.4, 0.5) is 4.79 Å². The average Bonchev–Trinajstić information content (AvgIpc) is 2.76. The first-order chi connectivity index (χ1) is 7.13. The van der Waals surface area contributed by atoms with E-state index >= 15 is 0 Å². The van der Waals surface area contributed by atoms with Crippen LogP contribution in [0.25, 0.3) is 0 Å². The van der Waals surface area contributed by atoms with Gasteiger partial charge in [-0.3, -0.25) is 4.79 Å². The molecular weight excluding hydrogens is 200 g/mol. The van der Waals surface area contributed by atoms with Crippen LogP contribution in [0.1, 0.15) is 6.42 Å². The molecule has 82 valence electrons. The summed E-state index contributed by atoms with van der Waals surface area (Å²) in [4.78, 5) is 22.0. The van der Waals surface area contributed by atoms with Crippen molar-refractivity contribution in [1.82, 2.24) is 0 Å². The third-order valence-electron chi connectivity index (χ3n) is 3.10. The fraction of sp³-hybridized carbons (Fsp3) is 0.600. The van der Waals surface area contributed by atoms with Crippen LogP contribution < -0.4 is 0 Å². The summed E-state index contributed by atoms with van der Waals surface area (Å²) in [7, 11) is 1.30. The summed E-state index contributed by atoms with van der Waals surface area (Å²) >= 11 is 0. The third kappa shape index (κ3) is 1.58. The Morgan fingerprint density at radius 3 is 2.60 bits per heavy atom. The average molecular weight is 212 g/mol. The van der Waals surface area contributed by atoms with Gasteiger partial charge in [0.05, 0.1) is 7.11 Å². The predicted molar refractivity (Wildman–Crippen MR) is 49.1 cm³/mol. The highest BCUT2D eigenvalue weighted by Gasteiger charge is 2.51. The number of carbonyl (C=O) groups is 2. The zero-order chi connectivity index (χ0) is 11.0. The van der Waals surface area contributed by atoms with E-state index in [0.29, 0.717) is 0 Å². The van der Waals surface area contributed by atoms with Crippen molar-refractivity contribution in [3.8, 4) is 0 Å². The molecule has 0 aromatic carbocycles. The Kier molecular flexibility index (Phi) is 2.38. The highest BCUT2D eigenvalue weighted by Crippen LogP contribution is 2.45. The van der Waals surface area contributed by atoms with E-state index in [1.165, 1.54) is 7.11 Å². The lowest BCUT2D eigenvalue weighted by molar-refractivity contribution is -0.150. The molecule has 2 bridgehead atoms. The SMILES string of the molecule is COC(=O)C1C2C=CC(C2)C1OC(=O)O. The van der Waals surface area contributed by atoms with Crippen LogP contribution in [-0.4, -0.2) is 30.4 Å². The number of hydrogen-bond donors (Lipinski definition) is 1. The predicted octanol–water partition coefficient (Wildman–Crippen LogP) is 1.04. The first-order valence-corrected chi connectivity index (χ1v) is 4.79. The van der Waals surface area contributed by atoms with Gasteiger partial charge >= 0.3 is 12.1 Å². The van der Waals surface area contributed by atoms with Gasteiger partial charge in [0.15, 0.2) is 0 Å². The van der Waals surface area contributed by atoms with E-state index in [9.17, 15) is 9.59 Å². The number of esters is 1. The van der Waals surface area contributed by atoms with Crippen LogP contribution in [0.3, 0.4) is 0 Å². The second kappa shape index (κ2) is 3.56. The fourth-order valence-electron chi connectivity index (χ4n) is 2.50. The lowest BCUT2D eigenvalue weighted by Gasteiger charge is -2.24. The topological polar surface area (TPSA) is 72.8 Å². The lowest BCUT2D eigenvalue weighted by atomic mass is 9.91. The number of fused-ring (bicyclic) bond motifs is 2. The van der Waals surface area contributed by atoms with Crippen LogP contribution in [0.5, 0.6) is 0 Å². The van der Waals surface area contributed by atoms with Crippen molar-refractivity contribution in [2.45, 2.75) is 12.5 Å². The second-order valence-electron chi connectivity index (χ2n) is 3.85. The van der Waals surface area contributed by atoms with Gasteiger partial charge in [-0.05, 0) is 12.3 Å². The van der Waals surface area contributed by atoms with Crippen molar-refractivity contribution in [2.75, 3.05) is 7.11 Å². The second-order valence-corrected chi connectivity index (χ2v) is 3.85. The molecule has 5 nitrogen and oxygen atoms in total. The minimum atomic E-state index is -1.34. The maximum Gasteiger partial charge on any atom is 0.506 e. The Bertz CT molecular complexity index is 322. The van der Waals surface area contributed by atoms with Crippen LogP contribution in [0, 0.1) is 17.8 Å². The molecule has 0 saturated heterocycles. The molecule has 2 aliphatic carbocycles. The van der Waals surface area contributed by atoms with E-state index in [4.69, 9.17) is 9.84 Å². The first kappa shape index (κ1) is 10.0. The Morgan fingerprint density at radius 2 is 2.00 bits per heavy atom. The summed E-state index contributed by atoms with van der Waals surface area (Å²) < 4.78 is 9.40. The highest BCUT2D eigenvalue weighted by molar-refractivity contribution is 5.75. The maximum atomic E-state index is 11.5. The number of carboxylic acid groups (broad SMARTS) is 1. The van der Waals surface area contributed by atoms with Crippen molar-refractivity contribution in [3.63, 3.8) is 0 Å². The van der Waals surface area contributed by atoms with E-state index in [1.807, 2.05) is 12.2 Å². The molecule has 1 N–H and O–H groups in total. The molecule has 4 unspecified atom stereocenters. The number of allylic oxidation sites excluding steroid dienone is 1. The number of rotatable bonds is 2. The molecule has 0 spiro atoms. The normalized spacial score (nSPS) is 36.6. The van der Waals surface area contributed by atoms with Gasteiger partial charge in [-0.25, -0.2) is 4.79 Å². The lowest BCUT2D eigenvalue weighted by Crippen LogP contribution is -2.36. The Balaban J connectivity index is 2.16. The summed E-state index contributed by atoms with van der Waals surface area (Å²) in [5, 5.41) is 8.58. The number of hydrogen-bond acceptors (Lipinski definition) is 4. The summed E-state index contributed by atoms with van der Waals surface area (Å²) in [6, 6.07) is 0. The zero-order valence-electron chi connectivity index (χ0n) is 8.25. The fourth-order valence-corrected chi connectivity index (χ4v) is 2.50. The van der Waals surface area contributed by atoms with Gasteiger partial charge in [-0.1, -0.05) is 12.2 Å². The molecule has 4 atom stereocenters. The van der Waals surface area contributed by atoms with Gasteiger partial charge in [0, 0.05) is 5.92 Å². The van der Waals surface area contributed by atoms with E-state index in [1.54, 1.807) is 0 Å². The molecule has 2 aliphatic rings. The first-order valence-electron chi connectivity index (χ1n) is 4.79. The van der Waals surface area contributed by atoms with Gasteiger partial charge in [0.25, 0.3) is 0 Å². The van der Waals surface area contributed by atoms with Crippen molar-refractivity contribution >= 4 is 12.1 Å². The van der Waals surface area contributed by atoms with Crippen molar-refractivity contribution in [3.05, 3.63) is 12.2 Å². The molecule has 1 saturated carbocycles. The van der Waals surface area contributed by atoms with Gasteiger partial charge < -0.3 is 14.6 Å². The standard InChI is InChI=1S/C10H12O5/c1-14-9(11)7-5-2-3-6(4-5)8(7)15-10(12)13/h2-3,5-8H,4H2,1H3,(H,12,13). The minimum absolute atomic E-state index is 0.0233. The Hall–Kier alpha value is -1.52. The van der Waals surface area contributed by atoms with Crippen molar-refractivity contribution in [2.24, 2.45) is 17.8 Å². The zero-order valence-corrected chi connectivity index (χ0v) is 8.25. The quantitative estimate of drug-likeness (QED) is 0.547. The van der Waals surface area contributed by atoms with Crippen molar-refractivity contribution < 1.29 is 24.2 Å². The van der Waals surface area contributed by atoms with E-state index in [0.717, 1.165) is 6.42 Å². The summed E-state index contributed by atoms with van der Waals surface area (Å²) in [5.74, 6) is -0.777. The Labute approximate surface area is 86.7 Å². The number of methoxy groups -OCH3 is 1. The van der Waals surface area contributed by atoms with Gasteiger partial charge in [-0.2, -0.15) is 0 Å². The molecule has 1 fully saturated rings. The molecular formula is C10H12O5. The monoisotopic (exact) mass is 212 g/mol.